The number of terminal acetylenes is 1. The van der Waals surface area contributed by atoms with E-state index in [2.05, 4.69) is 45.6 Å². The van der Waals surface area contributed by atoms with E-state index in [0.717, 1.165) is 35.9 Å². The topological polar surface area (TPSA) is 457 Å². The van der Waals surface area contributed by atoms with Crippen molar-refractivity contribution in [2.45, 2.75) is 74.3 Å². The van der Waals surface area contributed by atoms with Crippen molar-refractivity contribution >= 4 is 98.3 Å². The summed E-state index contributed by atoms with van der Waals surface area (Å²) < 4.78 is 150. The summed E-state index contributed by atoms with van der Waals surface area (Å²) in [5, 5.41) is 20.6. The van der Waals surface area contributed by atoms with Crippen LogP contribution in [0.15, 0.2) is 87.9 Å². The minimum Gasteiger partial charge on any atom is -0.481 e. The van der Waals surface area contributed by atoms with E-state index in [4.69, 9.17) is 53.1 Å². The summed E-state index contributed by atoms with van der Waals surface area (Å²) in [6.07, 6.45) is 8.66. The van der Waals surface area contributed by atoms with E-state index in [1.165, 1.54) is 87.2 Å². The lowest BCUT2D eigenvalue weighted by atomic mass is 9.93. The third kappa shape index (κ3) is 22.5. The number of aromatic carboxylic acids is 1. The quantitative estimate of drug-likeness (QED) is 0.0200. The number of benzene rings is 2. The van der Waals surface area contributed by atoms with Crippen LogP contribution in [0.4, 0.5) is 49.1 Å². The average molecular weight is 1390 g/mol. The first kappa shape index (κ1) is 75.6. The number of carbonyl (C=O) groups excluding carboxylic acids is 5. The van der Waals surface area contributed by atoms with Crippen LogP contribution in [0.3, 0.4) is 0 Å². The fraction of sp³-hybridized carbons (Fsp3) is 0.308. The number of sulfonamides is 2. The van der Waals surface area contributed by atoms with Gasteiger partial charge in [0, 0.05) is 50.3 Å². The lowest BCUT2D eigenvalue weighted by Gasteiger charge is -2.19. The van der Waals surface area contributed by atoms with Gasteiger partial charge in [0.1, 0.15) is 22.5 Å². The number of alkyl halides is 4. The molecule has 0 saturated carbocycles. The molecule has 0 fully saturated rings. The number of carbonyl (C=O) groups is 7. The number of nitrogens with one attached hydrogen (secondary N) is 4. The minimum atomic E-state index is -4.71. The summed E-state index contributed by atoms with van der Waals surface area (Å²) in [5.41, 5.74) is 5.07. The van der Waals surface area contributed by atoms with Gasteiger partial charge in [-0.1, -0.05) is 29.7 Å². The summed E-state index contributed by atoms with van der Waals surface area (Å²) >= 11 is 5.97. The van der Waals surface area contributed by atoms with Gasteiger partial charge in [-0.3, -0.25) is 34.4 Å². The number of rotatable bonds is 21. The van der Waals surface area contributed by atoms with E-state index in [9.17, 15) is 76.9 Å². The van der Waals surface area contributed by atoms with Gasteiger partial charge in [0.25, 0.3) is 37.8 Å². The molecule has 0 bridgehead atoms. The molecule has 1 aliphatic carbocycles. The maximum atomic E-state index is 14.4. The van der Waals surface area contributed by atoms with Gasteiger partial charge < -0.3 is 49.4 Å². The van der Waals surface area contributed by atoms with Gasteiger partial charge >= 0.3 is 37.2 Å². The zero-order valence-corrected chi connectivity index (χ0v) is 52.3. The second-order valence-electron chi connectivity index (χ2n) is 18.7. The number of anilines is 3. The van der Waals surface area contributed by atoms with Gasteiger partial charge in [-0.05, 0) is 69.4 Å². The van der Waals surface area contributed by atoms with E-state index in [1.807, 2.05) is 0 Å². The first-order chi connectivity index (χ1) is 43.4. The average Bonchev–Trinajstić information content (AvgIpc) is 1.64. The van der Waals surface area contributed by atoms with Gasteiger partial charge in [-0.2, -0.15) is 45.9 Å². The van der Waals surface area contributed by atoms with Gasteiger partial charge in [0.2, 0.25) is 35.4 Å². The fourth-order valence-electron chi connectivity index (χ4n) is 7.38. The molecule has 5 aromatic rings. The maximum absolute atomic E-state index is 14.4. The number of halogens is 6. The Morgan fingerprint density at radius 3 is 1.73 bits per heavy atom. The van der Waals surface area contributed by atoms with E-state index in [0.29, 0.717) is 30.1 Å². The van der Waals surface area contributed by atoms with Gasteiger partial charge in [0.15, 0.2) is 18.5 Å². The van der Waals surface area contributed by atoms with Crippen LogP contribution in [0, 0.1) is 18.2 Å². The van der Waals surface area contributed by atoms with Crippen LogP contribution in [0.25, 0.3) is 0 Å². The first-order valence-corrected chi connectivity index (χ1v) is 31.5. The summed E-state index contributed by atoms with van der Waals surface area (Å²) in [5.74, 6) is -5.45. The minimum absolute atomic E-state index is 0.0233. The van der Waals surface area contributed by atoms with Crippen molar-refractivity contribution in [3.05, 3.63) is 100.0 Å². The molecular weight excluding hydrogens is 1340 g/mol. The molecule has 32 nitrogen and oxygen atoms in total. The zero-order valence-electron chi connectivity index (χ0n) is 49.0. The number of carboxylic acid groups (broad SMARTS) is 2. The molecule has 1 aliphatic heterocycles. The fourth-order valence-corrected chi connectivity index (χ4v) is 10.5. The summed E-state index contributed by atoms with van der Waals surface area (Å²) in [4.78, 5) is 111. The molecule has 7 amide bonds. The Balaban J connectivity index is 0.000000276. The summed E-state index contributed by atoms with van der Waals surface area (Å²) in [6, 6.07) is 7.37. The Hall–Kier alpha value is -9.87. The molecular formula is C52H55ClF5N12O20PS2. The molecule has 0 saturated heterocycles. The van der Waals surface area contributed by atoms with Crippen molar-refractivity contribution in [3.8, 4) is 41.6 Å². The highest BCUT2D eigenvalue weighted by Crippen LogP contribution is 2.40. The number of carboxylic acids is 2. The Bertz CT molecular complexity index is 3920. The Morgan fingerprint density at radius 1 is 0.785 bits per heavy atom. The van der Waals surface area contributed by atoms with E-state index >= 15 is 0 Å². The summed E-state index contributed by atoms with van der Waals surface area (Å²) in [7, 11) is -6.67. The lowest BCUT2D eigenvalue weighted by Crippen LogP contribution is -2.36. The number of methoxy groups -OCH3 is 2. The highest BCUT2D eigenvalue weighted by atomic mass is 35.5. The van der Waals surface area contributed by atoms with Crippen LogP contribution in [-0.2, 0) is 39.0 Å². The Morgan fingerprint density at radius 2 is 1.27 bits per heavy atom. The molecule has 93 heavy (non-hydrogen) atoms. The zero-order chi connectivity index (χ0) is 69.9. The number of urea groups is 2. The lowest BCUT2D eigenvalue weighted by molar-refractivity contribution is -0.138. The molecule has 502 valence electrons. The third-order valence-corrected chi connectivity index (χ3v) is 15.6. The van der Waals surface area contributed by atoms with Crippen LogP contribution < -0.4 is 54.4 Å². The number of ether oxygens (including phenoxy) is 5. The number of imide groups is 1. The van der Waals surface area contributed by atoms with Crippen LogP contribution in [0.1, 0.15) is 59.7 Å². The van der Waals surface area contributed by atoms with Crippen LogP contribution >= 0.6 is 19.0 Å². The molecule has 2 aliphatic rings. The number of nitrogens with two attached hydrogens (primary N) is 1. The predicted molar refractivity (Wildman–Crippen MR) is 314 cm³/mol. The van der Waals surface area contributed by atoms with Crippen LogP contribution in [0.2, 0.25) is 5.02 Å². The highest BCUT2D eigenvalue weighted by molar-refractivity contribution is 7.90. The first-order valence-electron chi connectivity index (χ1n) is 25.8. The second kappa shape index (κ2) is 33.4. The van der Waals surface area contributed by atoms with E-state index in [-0.39, 0.29) is 52.3 Å². The van der Waals surface area contributed by atoms with Crippen molar-refractivity contribution in [3.63, 3.8) is 0 Å². The van der Waals surface area contributed by atoms with Gasteiger partial charge in [-0.15, -0.1) is 6.42 Å². The molecule has 4 heterocycles. The molecule has 41 heteroatoms. The Kier molecular flexibility index (Phi) is 27.2. The number of hydrogen-bond acceptors (Lipinski definition) is 23. The largest absolute Gasteiger partial charge is 0.481 e. The highest BCUT2D eigenvalue weighted by Gasteiger charge is 2.41. The number of aliphatic carboxylic acids is 1. The molecule has 3 atom stereocenters. The van der Waals surface area contributed by atoms with Gasteiger partial charge in [0.05, 0.1) is 48.2 Å². The van der Waals surface area contributed by atoms with E-state index in [1.54, 1.807) is 17.0 Å². The molecule has 7 rings (SSSR count). The number of aromatic nitrogens is 5. The number of amides is 7. The second-order valence-corrected chi connectivity index (χ2v) is 24.9. The standard InChI is InChI=1S/C18H15ClFNO3.C15H18N6O6S.C14H10F4N4O7S.C5H12NO4P/c1-3-10(2)24-16-9-15(14(20)8-13(16)19)21-17(22)11-6-4-5-7-12(11)18(21)23;1-21(2)13(22)9-6-5-7-16-12(9)28(24,25)20-15(23)19-14-17-10(26-3)8-11(18-14)27-4;15-11(16)28-8-5-9(29-12(17)18)20-13(19-8)21-14(25)22-30(26,27)7-4-2-1-3-6(7)10(23)24;1-11(9,10)3-2-4(6)5(7)8/h1,8-10H,4-7H2,2H3;5-8H,1-4H3,(H2,17,18,19,20,23);1-5,11-12H,(H,23,24)(H2,19,20,21,22,25);4H,2-3,6H2,1H3,(H,7,8)(H,9,10). The summed E-state index contributed by atoms with van der Waals surface area (Å²) in [6.45, 7) is -4.00. The third-order valence-electron chi connectivity index (χ3n) is 11.5. The van der Waals surface area contributed by atoms with Crippen LogP contribution in [0.5, 0.6) is 29.3 Å². The maximum Gasteiger partial charge on any atom is 0.388 e. The predicted octanol–water partition coefficient (Wildman–Crippen LogP) is 5.30. The molecule has 0 radical (unpaired) electrons. The molecule has 9 N–H and O–H groups in total. The number of nitrogens with zero attached hydrogens (tertiary/aromatic N) is 7. The van der Waals surface area contributed by atoms with Crippen molar-refractivity contribution in [1.82, 2.24) is 39.3 Å². The monoisotopic (exact) mass is 1390 g/mol. The van der Waals surface area contributed by atoms with Crippen molar-refractivity contribution in [1.29, 1.82) is 0 Å². The Labute approximate surface area is 529 Å². The van der Waals surface area contributed by atoms with Gasteiger partial charge in [-0.25, -0.2) is 46.5 Å². The van der Waals surface area contributed by atoms with E-state index < -0.39 is 134 Å². The van der Waals surface area contributed by atoms with Crippen molar-refractivity contribution in [2.24, 2.45) is 5.73 Å². The molecule has 3 unspecified atom stereocenters. The van der Waals surface area contributed by atoms with Crippen molar-refractivity contribution < 1.29 is 116 Å². The molecule has 0 spiro atoms. The number of pyridine rings is 1. The molecule has 3 aromatic heterocycles. The molecule has 2 aromatic carbocycles. The smallest absolute Gasteiger partial charge is 0.388 e. The normalized spacial score (nSPS) is 13.9. The van der Waals surface area contributed by atoms with Crippen molar-refractivity contribution in [2.75, 3.05) is 56.7 Å². The van der Waals surface area contributed by atoms with Crippen LogP contribution in [-0.4, -0.2) is 170 Å². The number of hydrogen-bond donors (Lipinski definition) is 8. The SMILES string of the molecule is C#CC(C)Oc1cc(N2C(=O)C3=C(CCCC3)C2=O)c(F)cc1Cl.COc1cc(OC)nc(NC(=O)NS(=O)(=O)c2ncccc2C(=O)N(C)C)n1.CP(=O)(O)CCC(N)C(=O)O.O=C(Nc1nc(OC(F)F)cc(OC(F)F)n1)NS(=O)(=O)c1ccccc1C(=O)O.